The van der Waals surface area contributed by atoms with Gasteiger partial charge >= 0.3 is 0 Å². The lowest BCUT2D eigenvalue weighted by Gasteiger charge is -2.32. The fraction of sp³-hybridized carbons (Fsp3) is 0.231. The van der Waals surface area contributed by atoms with Crippen molar-refractivity contribution in [1.82, 2.24) is 10.2 Å². The van der Waals surface area contributed by atoms with Gasteiger partial charge in [0.1, 0.15) is 12.6 Å². The molecule has 1 unspecified atom stereocenters. The molecule has 1 atom stereocenters. The van der Waals surface area contributed by atoms with E-state index >= 15 is 0 Å². The van der Waals surface area contributed by atoms with Gasteiger partial charge in [0.2, 0.25) is 11.8 Å². The van der Waals surface area contributed by atoms with Crippen LogP contribution in [0.25, 0.3) is 0 Å². The summed E-state index contributed by atoms with van der Waals surface area (Å²) in [5.41, 5.74) is 1.78. The number of hydrogen-bond donors (Lipinski definition) is 1. The first-order valence-electron chi connectivity index (χ1n) is 11.1. The summed E-state index contributed by atoms with van der Waals surface area (Å²) in [5.74, 6) is -0.915. The molecule has 0 saturated carbocycles. The summed E-state index contributed by atoms with van der Waals surface area (Å²) in [6, 6.07) is 18.7. The first kappa shape index (κ1) is 27.5. The van der Waals surface area contributed by atoms with Gasteiger partial charge in [0.25, 0.3) is 10.0 Å². The van der Waals surface area contributed by atoms with Gasteiger partial charge in [-0.1, -0.05) is 53.5 Å². The van der Waals surface area contributed by atoms with Crippen molar-refractivity contribution >= 4 is 50.7 Å². The minimum atomic E-state index is -4.14. The van der Waals surface area contributed by atoms with Gasteiger partial charge in [0.15, 0.2) is 0 Å². The molecule has 36 heavy (non-hydrogen) atoms. The molecule has 0 fully saturated rings. The topological polar surface area (TPSA) is 86.8 Å². The Balaban J connectivity index is 2.04. The average Bonchev–Trinajstić information content (AvgIpc) is 2.86. The summed E-state index contributed by atoms with van der Waals surface area (Å²) in [6.45, 7) is 2.94. The Morgan fingerprint density at radius 2 is 1.47 bits per heavy atom. The highest BCUT2D eigenvalue weighted by Gasteiger charge is 2.32. The highest BCUT2D eigenvalue weighted by atomic mass is 35.5. The summed E-state index contributed by atoms with van der Waals surface area (Å²) in [7, 11) is -2.66. The average molecular weight is 548 g/mol. The van der Waals surface area contributed by atoms with Crippen molar-refractivity contribution in [2.45, 2.75) is 31.3 Å². The SMILES string of the molecule is CNC(=O)C(C)N(Cc1ccc(Cl)cc1)C(=O)CN(c1ccccc1C)S(=O)(=O)c1ccc(Cl)cc1. The second-order valence-electron chi connectivity index (χ2n) is 8.19. The zero-order chi connectivity index (χ0) is 26.5. The molecule has 0 saturated heterocycles. The lowest BCUT2D eigenvalue weighted by molar-refractivity contribution is -0.139. The predicted molar refractivity (Wildman–Crippen MR) is 143 cm³/mol. The number of aryl methyl sites for hydroxylation is 1. The zero-order valence-electron chi connectivity index (χ0n) is 20.1. The minimum Gasteiger partial charge on any atom is -0.357 e. The van der Waals surface area contributed by atoms with Crippen LogP contribution in [-0.4, -0.2) is 44.8 Å². The van der Waals surface area contributed by atoms with Crippen LogP contribution in [0.2, 0.25) is 10.0 Å². The third kappa shape index (κ3) is 6.37. The van der Waals surface area contributed by atoms with E-state index in [4.69, 9.17) is 23.2 Å². The molecule has 3 aromatic rings. The first-order valence-corrected chi connectivity index (χ1v) is 13.3. The van der Waals surface area contributed by atoms with Gasteiger partial charge in [-0.15, -0.1) is 0 Å². The number of amides is 2. The Labute approximate surface area is 221 Å². The normalized spacial score (nSPS) is 12.0. The predicted octanol–water partition coefficient (Wildman–Crippen LogP) is 4.66. The number of anilines is 1. The molecule has 0 spiro atoms. The lowest BCUT2D eigenvalue weighted by atomic mass is 10.1. The van der Waals surface area contributed by atoms with E-state index in [2.05, 4.69) is 5.32 Å². The number of para-hydroxylation sites is 1. The van der Waals surface area contributed by atoms with Crippen LogP contribution in [-0.2, 0) is 26.2 Å². The number of halogens is 2. The number of carbonyl (C=O) groups excluding carboxylic acids is 2. The summed E-state index contributed by atoms with van der Waals surface area (Å²) in [6.07, 6.45) is 0. The van der Waals surface area contributed by atoms with Crippen LogP contribution in [0.3, 0.4) is 0 Å². The molecule has 0 radical (unpaired) electrons. The number of carbonyl (C=O) groups is 2. The van der Waals surface area contributed by atoms with Crippen LogP contribution in [0.5, 0.6) is 0 Å². The third-order valence-electron chi connectivity index (χ3n) is 5.74. The highest BCUT2D eigenvalue weighted by Crippen LogP contribution is 2.28. The molecular weight excluding hydrogens is 521 g/mol. The molecule has 1 N–H and O–H groups in total. The number of nitrogens with one attached hydrogen (secondary N) is 1. The quantitative estimate of drug-likeness (QED) is 0.422. The van der Waals surface area contributed by atoms with Crippen LogP contribution in [0.15, 0.2) is 77.7 Å². The van der Waals surface area contributed by atoms with Gasteiger partial charge in [-0.3, -0.25) is 13.9 Å². The number of sulfonamides is 1. The Morgan fingerprint density at radius 1 is 0.917 bits per heavy atom. The molecule has 0 aliphatic rings. The lowest BCUT2D eigenvalue weighted by Crippen LogP contribution is -2.50. The fourth-order valence-corrected chi connectivity index (χ4v) is 5.40. The van der Waals surface area contributed by atoms with E-state index in [1.165, 1.54) is 36.2 Å². The smallest absolute Gasteiger partial charge is 0.264 e. The Bertz CT molecular complexity index is 1330. The summed E-state index contributed by atoms with van der Waals surface area (Å²) in [5, 5.41) is 3.48. The Kier molecular flexibility index (Phi) is 9.00. The van der Waals surface area contributed by atoms with Gasteiger partial charge in [-0.2, -0.15) is 0 Å². The monoisotopic (exact) mass is 547 g/mol. The maximum absolute atomic E-state index is 13.7. The van der Waals surface area contributed by atoms with E-state index in [1.807, 2.05) is 0 Å². The first-order chi connectivity index (χ1) is 17.0. The van der Waals surface area contributed by atoms with E-state index in [9.17, 15) is 18.0 Å². The number of nitrogens with zero attached hydrogens (tertiary/aromatic N) is 2. The fourth-order valence-electron chi connectivity index (χ4n) is 3.67. The minimum absolute atomic E-state index is 0.00782. The molecule has 0 aliphatic heterocycles. The van der Waals surface area contributed by atoms with Crippen molar-refractivity contribution in [3.05, 3.63) is 94.0 Å². The Hall–Kier alpha value is -3.07. The molecule has 2 amide bonds. The summed E-state index contributed by atoms with van der Waals surface area (Å²) >= 11 is 11.9. The molecule has 7 nitrogen and oxygen atoms in total. The number of hydrogen-bond acceptors (Lipinski definition) is 4. The molecule has 0 aliphatic carbocycles. The second kappa shape index (κ2) is 11.8. The Morgan fingerprint density at radius 3 is 2.03 bits per heavy atom. The van der Waals surface area contributed by atoms with Gasteiger partial charge in [0.05, 0.1) is 10.6 Å². The van der Waals surface area contributed by atoms with E-state index in [0.717, 1.165) is 9.87 Å². The molecule has 190 valence electrons. The van der Waals surface area contributed by atoms with Gasteiger partial charge in [-0.25, -0.2) is 8.42 Å². The van der Waals surface area contributed by atoms with E-state index in [1.54, 1.807) is 62.4 Å². The maximum Gasteiger partial charge on any atom is 0.264 e. The van der Waals surface area contributed by atoms with E-state index < -0.39 is 28.5 Å². The van der Waals surface area contributed by atoms with Gasteiger partial charge < -0.3 is 10.2 Å². The van der Waals surface area contributed by atoms with Crippen molar-refractivity contribution < 1.29 is 18.0 Å². The van der Waals surface area contributed by atoms with E-state index in [-0.39, 0.29) is 17.3 Å². The summed E-state index contributed by atoms with van der Waals surface area (Å²) in [4.78, 5) is 27.5. The standard InChI is InChI=1S/C26H27Cl2N3O4S/c1-18-6-4-5-7-24(18)31(36(34,35)23-14-12-22(28)13-15-23)17-25(32)30(19(2)26(33)29-3)16-20-8-10-21(27)11-9-20/h4-15,19H,16-17H2,1-3H3,(H,29,33). The van der Waals surface area contributed by atoms with Gasteiger partial charge in [-0.05, 0) is 67.4 Å². The van der Waals surface area contributed by atoms with E-state index in [0.29, 0.717) is 21.3 Å². The molecule has 3 rings (SSSR count). The van der Waals surface area contributed by atoms with Crippen LogP contribution >= 0.6 is 23.2 Å². The second-order valence-corrected chi connectivity index (χ2v) is 10.9. The number of benzene rings is 3. The maximum atomic E-state index is 13.7. The molecule has 0 aromatic heterocycles. The van der Waals surface area contributed by atoms with Crippen LogP contribution in [0.1, 0.15) is 18.1 Å². The molecule has 10 heteroatoms. The molecule has 3 aromatic carbocycles. The largest absolute Gasteiger partial charge is 0.357 e. The van der Waals surface area contributed by atoms with Crippen molar-refractivity contribution in [1.29, 1.82) is 0 Å². The highest BCUT2D eigenvalue weighted by molar-refractivity contribution is 7.92. The van der Waals surface area contributed by atoms with Crippen molar-refractivity contribution in [3.8, 4) is 0 Å². The van der Waals surface area contributed by atoms with Gasteiger partial charge in [0, 0.05) is 23.6 Å². The summed E-state index contributed by atoms with van der Waals surface area (Å²) < 4.78 is 28.5. The zero-order valence-corrected chi connectivity index (χ0v) is 22.4. The van der Waals surface area contributed by atoms with Crippen molar-refractivity contribution in [2.24, 2.45) is 0 Å². The molecule has 0 heterocycles. The van der Waals surface area contributed by atoms with Crippen LogP contribution in [0, 0.1) is 6.92 Å². The number of rotatable bonds is 9. The van der Waals surface area contributed by atoms with Crippen molar-refractivity contribution in [2.75, 3.05) is 17.9 Å². The van der Waals surface area contributed by atoms with Crippen molar-refractivity contribution in [3.63, 3.8) is 0 Å². The van der Waals surface area contributed by atoms with Crippen LogP contribution < -0.4 is 9.62 Å². The van der Waals surface area contributed by atoms with Crippen LogP contribution in [0.4, 0.5) is 5.69 Å². The molecule has 0 bridgehead atoms. The third-order valence-corrected chi connectivity index (χ3v) is 8.02. The molecular formula is C26H27Cl2N3O4S. The number of likely N-dealkylation sites (N-methyl/N-ethyl adjacent to an activating group) is 1.